The Morgan fingerprint density at radius 1 is 0.526 bits per heavy atom. The molecule has 0 atom stereocenters. The monoisotopic (exact) mass is 618 g/mol. The number of allylic oxidation sites excluding steroid dienone is 1. The van der Waals surface area contributed by atoms with Gasteiger partial charge in [0.1, 0.15) is 0 Å². The van der Waals surface area contributed by atoms with Crippen LogP contribution in [0.15, 0.2) is 24.5 Å². The molecule has 0 radical (unpaired) electrons. The summed E-state index contributed by atoms with van der Waals surface area (Å²) in [5.41, 5.74) is 0. The summed E-state index contributed by atoms with van der Waals surface area (Å²) < 4.78 is 277. The zero-order valence-electron chi connectivity index (χ0n) is 16.4. The molecule has 0 fully saturated rings. The molecule has 0 aliphatic carbocycles. The number of carbonyl (C=O) groups is 1. The number of ether oxygens (including phenoxy) is 2. The fourth-order valence-corrected chi connectivity index (χ4v) is 1.67. The van der Waals surface area contributed by atoms with E-state index in [1.54, 1.807) is 0 Å². The van der Waals surface area contributed by atoms with Crippen molar-refractivity contribution >= 4 is 5.97 Å². The van der Waals surface area contributed by atoms with Crippen molar-refractivity contribution in [1.82, 2.24) is 0 Å². The van der Waals surface area contributed by atoms with Crippen molar-refractivity contribution in [2.75, 3.05) is 0 Å². The van der Waals surface area contributed by atoms with Gasteiger partial charge in [-0.1, -0.05) is 6.58 Å². The molecule has 0 N–H and O–H groups in total. The summed E-state index contributed by atoms with van der Waals surface area (Å²) in [5.74, 6) is -59.9. The van der Waals surface area contributed by atoms with Crippen LogP contribution in [0.5, 0.6) is 0 Å². The quantitative estimate of drug-likeness (QED) is 0.105. The number of hydrogen-bond acceptors (Lipinski definition) is 3. The molecule has 0 aromatic rings. The predicted octanol–water partition coefficient (Wildman–Crippen LogP) is 7.40. The Labute approximate surface area is 192 Å². The second kappa shape index (κ2) is 9.48. The Kier molecular flexibility index (Phi) is 8.80. The highest BCUT2D eigenvalue weighted by atomic mass is 19.4. The number of halogens is 21. The lowest BCUT2D eigenvalue weighted by Crippen LogP contribution is -2.72. The Bertz CT molecular complexity index is 943. The maximum atomic E-state index is 13.4. The van der Waals surface area contributed by atoms with E-state index in [4.69, 9.17) is 0 Å². The summed E-state index contributed by atoms with van der Waals surface area (Å²) in [6, 6.07) is -4.85. The van der Waals surface area contributed by atoms with Crippen LogP contribution in [0, 0.1) is 0 Å². The number of rotatable bonds is 11. The minimum Gasteiger partial charge on any atom is -0.396 e. The van der Waals surface area contributed by atoms with E-state index in [9.17, 15) is 97.0 Å². The van der Waals surface area contributed by atoms with Crippen molar-refractivity contribution in [2.24, 2.45) is 0 Å². The van der Waals surface area contributed by atoms with Crippen LogP contribution in [-0.2, 0) is 14.3 Å². The van der Waals surface area contributed by atoms with Gasteiger partial charge in [-0.25, -0.2) is 4.79 Å². The summed E-state index contributed by atoms with van der Waals surface area (Å²) in [5, 5.41) is 0. The summed E-state index contributed by atoms with van der Waals surface area (Å²) in [6.07, 6.45) is -21.8. The predicted molar refractivity (Wildman–Crippen MR) is 72.2 cm³/mol. The minimum atomic E-state index is -8.95. The molecule has 0 aromatic carbocycles. The normalized spacial score (nSPS) is 16.1. The molecule has 0 saturated heterocycles. The van der Waals surface area contributed by atoms with Gasteiger partial charge in [0.05, 0.1) is 0 Å². The highest BCUT2D eigenvalue weighted by Gasteiger charge is 2.94. The molecule has 0 unspecified atom stereocenters. The molecule has 0 bridgehead atoms. The summed E-state index contributed by atoms with van der Waals surface area (Å²) in [7, 11) is 0. The van der Waals surface area contributed by atoms with Gasteiger partial charge in [-0.2, -0.15) is 92.2 Å². The Morgan fingerprint density at radius 2 is 0.842 bits per heavy atom. The lowest BCUT2D eigenvalue weighted by molar-refractivity contribution is -0.451. The Morgan fingerprint density at radius 3 is 1.18 bits per heavy atom. The van der Waals surface area contributed by atoms with Crippen molar-refractivity contribution in [3.05, 3.63) is 24.5 Å². The lowest BCUT2D eigenvalue weighted by atomic mass is 9.91. The van der Waals surface area contributed by atoms with Crippen molar-refractivity contribution in [3.63, 3.8) is 0 Å². The third-order valence-electron chi connectivity index (χ3n) is 3.73. The summed E-state index contributed by atoms with van der Waals surface area (Å²) in [4.78, 5) is 10.5. The second-order valence-corrected chi connectivity index (χ2v) is 6.29. The van der Waals surface area contributed by atoms with Gasteiger partial charge >= 0.3 is 65.9 Å². The van der Waals surface area contributed by atoms with Gasteiger partial charge in [-0.05, 0) is 0 Å². The van der Waals surface area contributed by atoms with Gasteiger partial charge < -0.3 is 9.47 Å². The van der Waals surface area contributed by atoms with Crippen LogP contribution in [0.2, 0.25) is 0 Å². The SMILES string of the molecule is C=CC(=O)OC(F)(F)C(F)(F)OC(F)=C(F)C(F)(F)C(F)(F)C(F)(F)C(F)(F)C(F)(F)C(F)(F)C(F)(F)F. The standard InChI is InChI=1S/C14H3F21O3/c1-2-3(36)37-13(32,33)14(34,35)38-5(16)4(15)6(17,18)7(19,20)8(21,22)9(23,24)10(25,26)11(27,28)12(29,30)31/h2H,1H2. The van der Waals surface area contributed by atoms with E-state index in [-0.39, 0.29) is 6.08 Å². The van der Waals surface area contributed by atoms with E-state index in [1.165, 1.54) is 0 Å². The van der Waals surface area contributed by atoms with Gasteiger partial charge in [0.2, 0.25) is 5.83 Å². The number of esters is 1. The zero-order valence-corrected chi connectivity index (χ0v) is 16.4. The molecular weight excluding hydrogens is 615 g/mol. The average Bonchev–Trinajstić information content (AvgIpc) is 2.70. The van der Waals surface area contributed by atoms with Gasteiger partial charge in [0, 0.05) is 6.08 Å². The Hall–Kier alpha value is -2.72. The van der Waals surface area contributed by atoms with Crippen molar-refractivity contribution in [3.8, 4) is 0 Å². The van der Waals surface area contributed by atoms with E-state index in [0.717, 1.165) is 0 Å². The van der Waals surface area contributed by atoms with Crippen LogP contribution in [-0.4, -0.2) is 59.9 Å². The third-order valence-corrected chi connectivity index (χ3v) is 3.73. The molecule has 0 rings (SSSR count). The number of carbonyl (C=O) groups excluding carboxylic acids is 1. The molecular formula is C14H3F21O3. The molecule has 3 nitrogen and oxygen atoms in total. The van der Waals surface area contributed by atoms with Gasteiger partial charge in [-0.3, -0.25) is 0 Å². The molecule has 0 saturated carbocycles. The van der Waals surface area contributed by atoms with E-state index in [0.29, 0.717) is 0 Å². The Balaban J connectivity index is 6.77. The smallest absolute Gasteiger partial charge is 0.396 e. The molecule has 0 amide bonds. The molecule has 0 aromatic heterocycles. The van der Waals surface area contributed by atoms with Crippen molar-refractivity contribution in [1.29, 1.82) is 0 Å². The number of hydrogen-bond donors (Lipinski definition) is 0. The zero-order chi connectivity index (χ0) is 31.4. The number of alkyl halides is 19. The van der Waals surface area contributed by atoms with Crippen LogP contribution >= 0.6 is 0 Å². The topological polar surface area (TPSA) is 35.5 Å². The van der Waals surface area contributed by atoms with E-state index >= 15 is 0 Å². The highest BCUT2D eigenvalue weighted by molar-refractivity contribution is 5.81. The highest BCUT2D eigenvalue weighted by Crippen LogP contribution is 2.63. The van der Waals surface area contributed by atoms with E-state index < -0.39 is 71.7 Å². The van der Waals surface area contributed by atoms with Crippen LogP contribution in [0.25, 0.3) is 0 Å². The summed E-state index contributed by atoms with van der Waals surface area (Å²) >= 11 is 0. The molecule has 0 heterocycles. The average molecular weight is 618 g/mol. The van der Waals surface area contributed by atoms with Crippen LogP contribution in [0.3, 0.4) is 0 Å². The molecule has 224 valence electrons. The molecule has 0 aliphatic heterocycles. The van der Waals surface area contributed by atoms with Crippen molar-refractivity contribution < 1.29 is 106 Å². The first kappa shape index (κ1) is 35.3. The second-order valence-electron chi connectivity index (χ2n) is 6.29. The van der Waals surface area contributed by atoms with E-state index in [2.05, 4.69) is 11.3 Å². The van der Waals surface area contributed by atoms with E-state index in [1.807, 2.05) is 4.74 Å². The largest absolute Gasteiger partial charge is 0.509 e. The van der Waals surface area contributed by atoms with Crippen LogP contribution in [0.4, 0.5) is 92.2 Å². The maximum absolute atomic E-state index is 13.4. The van der Waals surface area contributed by atoms with Gasteiger partial charge in [0.15, 0.2) is 0 Å². The third kappa shape index (κ3) is 5.12. The first-order chi connectivity index (χ1) is 16.2. The fourth-order valence-electron chi connectivity index (χ4n) is 1.67. The van der Waals surface area contributed by atoms with Crippen LogP contribution < -0.4 is 0 Å². The first-order valence-corrected chi connectivity index (χ1v) is 7.94. The van der Waals surface area contributed by atoms with Gasteiger partial charge in [0.25, 0.3) is 0 Å². The molecule has 38 heavy (non-hydrogen) atoms. The minimum absolute atomic E-state index is 0.341. The molecule has 24 heteroatoms. The maximum Gasteiger partial charge on any atom is 0.509 e. The summed E-state index contributed by atoms with van der Waals surface area (Å²) in [6.45, 7) is 2.35. The van der Waals surface area contributed by atoms with Gasteiger partial charge in [-0.15, -0.1) is 0 Å². The first-order valence-electron chi connectivity index (χ1n) is 7.94. The molecule has 0 aliphatic rings. The lowest BCUT2D eigenvalue weighted by Gasteiger charge is -2.41. The fraction of sp³-hybridized carbons (Fsp3) is 0.643. The molecule has 0 spiro atoms. The van der Waals surface area contributed by atoms with Crippen molar-refractivity contribution in [2.45, 2.75) is 53.9 Å². The van der Waals surface area contributed by atoms with Crippen LogP contribution in [0.1, 0.15) is 0 Å².